The van der Waals surface area contributed by atoms with Crippen molar-refractivity contribution in [2.45, 2.75) is 19.9 Å². The number of fused-ring (bicyclic) bond motifs is 3. The molecule has 8 heteroatoms. The fourth-order valence-electron chi connectivity index (χ4n) is 6.68. The summed E-state index contributed by atoms with van der Waals surface area (Å²) in [6, 6.07) is 46.3. The summed E-state index contributed by atoms with van der Waals surface area (Å²) in [4.78, 5) is 4.54. The number of ether oxygens (including phenoxy) is 4. The number of hydrogen-bond acceptors (Lipinski definition) is 6. The number of nitrogens with zero attached hydrogens (tertiary/aromatic N) is 3. The molecule has 0 amide bonds. The zero-order valence-corrected chi connectivity index (χ0v) is 33.8. The first-order valence-corrected chi connectivity index (χ1v) is 17.1. The maximum Gasteiger partial charge on any atom is 1.00 e. The Bertz CT molecular complexity index is 1980. The third-order valence-electron chi connectivity index (χ3n) is 9.31. The van der Waals surface area contributed by atoms with Crippen molar-refractivity contribution in [2.75, 3.05) is 38.2 Å². The van der Waals surface area contributed by atoms with Crippen LogP contribution in [0.3, 0.4) is 0 Å². The molecule has 6 aromatic carbocycles. The Kier molecular flexibility index (Phi) is 12.1. The van der Waals surface area contributed by atoms with Crippen molar-refractivity contribution in [1.29, 1.82) is 0 Å². The third-order valence-corrected chi connectivity index (χ3v) is 9.31. The van der Waals surface area contributed by atoms with Gasteiger partial charge in [0, 0.05) is 55.9 Å². The summed E-state index contributed by atoms with van der Waals surface area (Å²) in [6.07, 6.45) is 3.20. The predicted molar refractivity (Wildman–Crippen MR) is 210 cm³/mol. The molecule has 0 atom stereocenters. The summed E-state index contributed by atoms with van der Waals surface area (Å²) >= 11 is 0. The van der Waals surface area contributed by atoms with Gasteiger partial charge in [0.05, 0.1) is 28.4 Å². The summed E-state index contributed by atoms with van der Waals surface area (Å²) in [5.41, 5.74) is 8.57. The van der Waals surface area contributed by atoms with Crippen LogP contribution in [0.25, 0.3) is 21.8 Å². The van der Waals surface area contributed by atoms with E-state index in [0.29, 0.717) is 0 Å². The summed E-state index contributed by atoms with van der Waals surface area (Å²) in [7, 11) is 6.76. The van der Waals surface area contributed by atoms with E-state index >= 15 is 0 Å². The molecule has 1 aromatic heterocycles. The van der Waals surface area contributed by atoms with Gasteiger partial charge >= 0.3 is 51.4 Å². The van der Waals surface area contributed by atoms with Crippen LogP contribution in [0.1, 0.15) is 13.3 Å². The number of hydrogen-bond donors (Lipinski definition) is 0. The van der Waals surface area contributed by atoms with Gasteiger partial charge in [-0.2, -0.15) is 13.3 Å². The molecule has 258 valence electrons. The minimum absolute atomic E-state index is 0. The van der Waals surface area contributed by atoms with Gasteiger partial charge in [-0.05, 0) is 140 Å². The largest absolute Gasteiger partial charge is 1.00 e. The second-order valence-corrected chi connectivity index (χ2v) is 12.2. The first-order chi connectivity index (χ1) is 25.0. The zero-order valence-electron chi connectivity index (χ0n) is 30.7. The Balaban J connectivity index is 0.00000464. The average Bonchev–Trinajstić information content (AvgIpc) is 3.50. The fraction of sp³-hybridized carbons (Fsp3) is 0.159. The van der Waals surface area contributed by atoms with Crippen molar-refractivity contribution in [2.24, 2.45) is 0 Å². The van der Waals surface area contributed by atoms with Gasteiger partial charge in [0.1, 0.15) is 23.0 Å². The molecule has 7 rings (SSSR count). The number of unbranched alkanes of at least 4 members (excludes halogenated alkanes) is 1. The van der Waals surface area contributed by atoms with Crippen LogP contribution in [0.2, 0.25) is 0 Å². The molecule has 0 aliphatic rings. The number of aryl methyl sites for hydroxylation is 1. The predicted octanol–water partition coefficient (Wildman–Crippen LogP) is 8.39. The Morgan fingerprint density at radius 1 is 0.442 bits per heavy atom. The van der Waals surface area contributed by atoms with Crippen LogP contribution in [0.4, 0.5) is 34.1 Å². The molecule has 7 nitrogen and oxygen atoms in total. The van der Waals surface area contributed by atoms with Crippen LogP contribution in [0.15, 0.2) is 133 Å². The van der Waals surface area contributed by atoms with Crippen molar-refractivity contribution in [3.8, 4) is 23.0 Å². The molecule has 0 radical (unpaired) electrons. The Morgan fingerprint density at radius 2 is 0.731 bits per heavy atom. The van der Waals surface area contributed by atoms with E-state index in [1.54, 1.807) is 28.4 Å². The maximum absolute atomic E-state index is 5.49. The summed E-state index contributed by atoms with van der Waals surface area (Å²) in [6.45, 7) is 3.00. The van der Waals surface area contributed by atoms with Crippen LogP contribution in [-0.2, 0) is 6.54 Å². The molecule has 0 spiro atoms. The first-order valence-electron chi connectivity index (χ1n) is 17.1. The van der Waals surface area contributed by atoms with Gasteiger partial charge in [-0.15, -0.1) is 0 Å². The smallest absolute Gasteiger partial charge is 0.497 e. The Hall–Kier alpha value is -4.44. The zero-order chi connectivity index (χ0) is 35.3. The van der Waals surface area contributed by atoms with Crippen molar-refractivity contribution in [1.82, 2.24) is 4.57 Å². The van der Waals surface area contributed by atoms with Gasteiger partial charge in [-0.1, -0.05) is 0 Å². The quantitative estimate of drug-likeness (QED) is 0.0884. The monoisotopic (exact) mass is 715 g/mol. The van der Waals surface area contributed by atoms with E-state index in [1.807, 2.05) is 48.5 Å². The number of methoxy groups -OCH3 is 4. The topological polar surface area (TPSA) is 48.3 Å². The molecule has 0 aliphatic heterocycles. The standard InChI is InChI=1S/C44H42N3O4.K/c1-6-7-28-45-43-26-16-35(46(31-8-18-37(48-2)19-9-31)32-10-20-38(49-3)21-11-32)29-41(43)42-30-36(17-27-44(42)45)47(33-12-22-39(50-4)23-13-33)34-14-24-40(51-5)25-15-34;/h6,8-27,29-30H,7,28H2,1-5H3;/q-1;+1. The van der Waals surface area contributed by atoms with Gasteiger partial charge in [0.25, 0.3) is 0 Å². The van der Waals surface area contributed by atoms with E-state index in [1.165, 1.54) is 21.8 Å². The number of anilines is 6. The van der Waals surface area contributed by atoms with Crippen molar-refractivity contribution < 1.29 is 70.3 Å². The second-order valence-electron chi connectivity index (χ2n) is 12.2. The Morgan fingerprint density at radius 3 is 1.00 bits per heavy atom. The van der Waals surface area contributed by atoms with Gasteiger partial charge < -0.3 is 39.7 Å². The van der Waals surface area contributed by atoms with Gasteiger partial charge in [0.2, 0.25) is 0 Å². The molecule has 0 aliphatic carbocycles. The SMILES string of the molecule is C[CH-]CCn1c2ccc(N(c3ccc(OC)cc3)c3ccc(OC)cc3)cc2c2cc(N(c3ccc(OC)cc3)c3ccc(OC)cc3)ccc21.[K+]. The molecule has 0 unspecified atom stereocenters. The normalized spacial score (nSPS) is 10.9. The molecule has 0 saturated heterocycles. The van der Waals surface area contributed by atoms with E-state index in [9.17, 15) is 0 Å². The van der Waals surface area contributed by atoms with Crippen molar-refractivity contribution in [3.05, 3.63) is 140 Å². The van der Waals surface area contributed by atoms with Crippen LogP contribution in [-0.4, -0.2) is 33.0 Å². The van der Waals surface area contributed by atoms with Gasteiger partial charge in [-0.3, -0.25) is 0 Å². The second kappa shape index (κ2) is 16.9. The molecular weight excluding hydrogens is 674 g/mol. The molecule has 52 heavy (non-hydrogen) atoms. The van der Waals surface area contributed by atoms with Crippen LogP contribution in [0, 0.1) is 6.42 Å². The maximum atomic E-state index is 5.49. The molecule has 0 N–H and O–H groups in total. The van der Waals surface area contributed by atoms with E-state index in [-0.39, 0.29) is 51.4 Å². The molecule has 0 bridgehead atoms. The number of rotatable bonds is 13. The molecular formula is C44H42KN3O4. The number of benzene rings is 6. The number of aromatic nitrogens is 1. The third kappa shape index (κ3) is 7.54. The molecule has 1 heterocycles. The van der Waals surface area contributed by atoms with Crippen LogP contribution in [0.5, 0.6) is 23.0 Å². The summed E-state index contributed by atoms with van der Waals surface area (Å²) in [5, 5.41) is 2.36. The van der Waals surface area contributed by atoms with Gasteiger partial charge in [0.15, 0.2) is 0 Å². The van der Waals surface area contributed by atoms with Crippen molar-refractivity contribution >= 4 is 55.9 Å². The Labute approximate surface area is 348 Å². The van der Waals surface area contributed by atoms with Gasteiger partial charge in [-0.25, -0.2) is 0 Å². The van der Waals surface area contributed by atoms with Crippen molar-refractivity contribution in [3.63, 3.8) is 0 Å². The summed E-state index contributed by atoms with van der Waals surface area (Å²) in [5.74, 6) is 3.24. The minimum Gasteiger partial charge on any atom is -0.497 e. The van der Waals surface area contributed by atoms with E-state index < -0.39 is 0 Å². The van der Waals surface area contributed by atoms with E-state index in [0.717, 1.165) is 70.1 Å². The first kappa shape index (κ1) is 37.3. The van der Waals surface area contributed by atoms with Crippen LogP contribution >= 0.6 is 0 Å². The molecule has 0 fully saturated rings. The summed E-state index contributed by atoms with van der Waals surface area (Å²) < 4.78 is 24.4. The molecule has 7 aromatic rings. The van der Waals surface area contributed by atoms with Crippen LogP contribution < -0.4 is 80.1 Å². The molecule has 0 saturated carbocycles. The van der Waals surface area contributed by atoms with E-state index in [4.69, 9.17) is 18.9 Å². The van der Waals surface area contributed by atoms with E-state index in [2.05, 4.69) is 113 Å². The average molecular weight is 716 g/mol. The minimum atomic E-state index is 0. The fourth-order valence-corrected chi connectivity index (χ4v) is 6.68.